The Morgan fingerprint density at radius 2 is 1.06 bits per heavy atom. The molecular weight excluding hydrogens is 585 g/mol. The van der Waals surface area contributed by atoms with Gasteiger partial charge >= 0.3 is 0 Å². The fraction of sp³-hybridized carbons (Fsp3) is 0. The highest BCUT2D eigenvalue weighted by molar-refractivity contribution is 6.18. The van der Waals surface area contributed by atoms with Crippen molar-refractivity contribution in [3.63, 3.8) is 0 Å². The minimum atomic E-state index is 0.448. The Hall–Kier alpha value is -6.88. The molecule has 9 aromatic rings. The molecule has 0 spiro atoms. The van der Waals surface area contributed by atoms with Gasteiger partial charge in [0.15, 0.2) is 5.69 Å². The largest absolute Gasteiger partial charge is 0.318 e. The predicted octanol–water partition coefficient (Wildman–Crippen LogP) is 12.3. The van der Waals surface area contributed by atoms with Gasteiger partial charge in [0.05, 0.1) is 40.9 Å². The highest BCUT2D eigenvalue weighted by Crippen LogP contribution is 2.45. The van der Waals surface area contributed by atoms with Gasteiger partial charge in [0.25, 0.3) is 0 Å². The number of nitrogens with zero attached hydrogens (tertiary/aromatic N) is 4. The first-order chi connectivity index (χ1) is 23.7. The van der Waals surface area contributed by atoms with Crippen LogP contribution in [0.2, 0.25) is 0 Å². The number of fused-ring (bicyclic) bond motifs is 6. The van der Waals surface area contributed by atoms with Gasteiger partial charge in [-0.25, -0.2) is 9.69 Å². The van der Waals surface area contributed by atoms with Gasteiger partial charge in [-0.3, -0.25) is 0 Å². The number of para-hydroxylation sites is 3. The average molecular weight is 611 g/mol. The third-order valence-corrected chi connectivity index (χ3v) is 9.33. The van der Waals surface area contributed by atoms with Gasteiger partial charge in [0.2, 0.25) is 5.69 Å². The summed E-state index contributed by atoms with van der Waals surface area (Å²) in [5, 5.41) is 4.66. The summed E-state index contributed by atoms with van der Waals surface area (Å²) in [6, 6.07) is 54.5. The molecule has 4 heteroatoms. The van der Waals surface area contributed by atoms with Crippen LogP contribution >= 0.6 is 0 Å². The summed E-state index contributed by atoms with van der Waals surface area (Å²) in [5.74, 6) is 0. The lowest BCUT2D eigenvalue weighted by Crippen LogP contribution is -1.98. The molecule has 0 aliphatic rings. The van der Waals surface area contributed by atoms with Crippen LogP contribution in [0.1, 0.15) is 0 Å². The van der Waals surface area contributed by atoms with E-state index < -0.39 is 0 Å². The zero-order valence-corrected chi connectivity index (χ0v) is 25.8. The molecule has 2 aromatic heterocycles. The molecule has 0 amide bonds. The van der Waals surface area contributed by atoms with Crippen molar-refractivity contribution in [3.05, 3.63) is 181 Å². The summed E-state index contributed by atoms with van der Waals surface area (Å²) in [6.45, 7) is 16.0. The number of rotatable bonds is 4. The molecule has 0 unspecified atom stereocenters. The third kappa shape index (κ3) is 4.07. The lowest BCUT2D eigenvalue weighted by Gasteiger charge is -2.17. The third-order valence-electron chi connectivity index (χ3n) is 9.33. The van der Waals surface area contributed by atoms with E-state index in [1.807, 2.05) is 36.4 Å². The average Bonchev–Trinajstić information content (AvgIpc) is 3.67. The lowest BCUT2D eigenvalue weighted by atomic mass is 9.98. The zero-order chi connectivity index (χ0) is 32.2. The maximum absolute atomic E-state index is 8.23. The van der Waals surface area contributed by atoms with E-state index in [0.717, 1.165) is 61.0 Å². The second-order valence-electron chi connectivity index (χ2n) is 11.9. The van der Waals surface area contributed by atoms with Gasteiger partial charge in [0.1, 0.15) is 0 Å². The van der Waals surface area contributed by atoms with Crippen LogP contribution in [0.25, 0.3) is 86.9 Å². The molecule has 4 nitrogen and oxygen atoms in total. The molecular formula is C44H26N4. The summed E-state index contributed by atoms with van der Waals surface area (Å²) >= 11 is 0. The second kappa shape index (κ2) is 10.9. The zero-order valence-electron chi connectivity index (χ0n) is 25.8. The molecule has 2 heterocycles. The molecule has 0 bridgehead atoms. The number of hydrogen-bond acceptors (Lipinski definition) is 0. The van der Waals surface area contributed by atoms with E-state index in [4.69, 9.17) is 13.1 Å². The maximum atomic E-state index is 8.23. The van der Waals surface area contributed by atoms with Crippen LogP contribution in [0.3, 0.4) is 0 Å². The van der Waals surface area contributed by atoms with E-state index in [0.29, 0.717) is 11.4 Å². The van der Waals surface area contributed by atoms with E-state index >= 15 is 0 Å². The van der Waals surface area contributed by atoms with Gasteiger partial charge in [-0.05, 0) is 70.8 Å². The van der Waals surface area contributed by atoms with Crippen LogP contribution in [-0.4, -0.2) is 9.13 Å². The Labute approximate surface area is 277 Å². The summed E-state index contributed by atoms with van der Waals surface area (Å²) in [6.07, 6.45) is 0. The number of hydrogen-bond donors (Lipinski definition) is 0. The Kier molecular flexibility index (Phi) is 6.22. The number of aromatic nitrogens is 2. The van der Waals surface area contributed by atoms with Gasteiger partial charge in [-0.15, -0.1) is 0 Å². The van der Waals surface area contributed by atoms with Gasteiger partial charge in [-0.1, -0.05) is 109 Å². The first-order valence-electron chi connectivity index (χ1n) is 15.8. The highest BCUT2D eigenvalue weighted by Gasteiger charge is 2.22. The quantitative estimate of drug-likeness (QED) is 0.177. The van der Waals surface area contributed by atoms with E-state index in [1.165, 1.54) is 16.3 Å². The van der Waals surface area contributed by atoms with Crippen molar-refractivity contribution in [1.82, 2.24) is 9.13 Å². The van der Waals surface area contributed by atoms with Crippen molar-refractivity contribution in [2.75, 3.05) is 0 Å². The molecule has 0 fully saturated rings. The van der Waals surface area contributed by atoms with Gasteiger partial charge in [-0.2, -0.15) is 0 Å². The molecule has 0 atom stereocenters. The smallest absolute Gasteiger partial charge is 0.201 e. The van der Waals surface area contributed by atoms with E-state index in [-0.39, 0.29) is 0 Å². The van der Waals surface area contributed by atoms with Crippen molar-refractivity contribution < 1.29 is 0 Å². The van der Waals surface area contributed by atoms with Crippen LogP contribution in [0.5, 0.6) is 0 Å². The first-order valence-corrected chi connectivity index (χ1v) is 15.8. The first kappa shape index (κ1) is 27.4. The Morgan fingerprint density at radius 1 is 0.417 bits per heavy atom. The summed E-state index contributed by atoms with van der Waals surface area (Å²) in [5.41, 5.74) is 11.2. The fourth-order valence-electron chi connectivity index (χ4n) is 7.32. The van der Waals surface area contributed by atoms with Crippen LogP contribution in [0.15, 0.2) is 158 Å². The molecule has 0 aliphatic carbocycles. The minimum Gasteiger partial charge on any atom is -0.318 e. The minimum absolute atomic E-state index is 0.448. The van der Waals surface area contributed by atoms with Crippen molar-refractivity contribution in [2.24, 2.45) is 0 Å². The van der Waals surface area contributed by atoms with E-state index in [2.05, 4.69) is 134 Å². The molecule has 9 rings (SSSR count). The monoisotopic (exact) mass is 610 g/mol. The predicted molar refractivity (Wildman–Crippen MR) is 199 cm³/mol. The molecule has 222 valence electrons. The maximum Gasteiger partial charge on any atom is 0.201 e. The topological polar surface area (TPSA) is 18.6 Å². The van der Waals surface area contributed by atoms with Crippen LogP contribution in [0, 0.1) is 13.1 Å². The molecule has 0 N–H and O–H groups in total. The number of benzene rings is 7. The van der Waals surface area contributed by atoms with Crippen LogP contribution in [0.4, 0.5) is 11.4 Å². The highest BCUT2D eigenvalue weighted by atomic mass is 15.0. The van der Waals surface area contributed by atoms with Crippen molar-refractivity contribution in [2.45, 2.75) is 0 Å². The summed E-state index contributed by atoms with van der Waals surface area (Å²) < 4.78 is 4.57. The van der Waals surface area contributed by atoms with Crippen LogP contribution in [-0.2, 0) is 0 Å². The fourth-order valence-corrected chi connectivity index (χ4v) is 7.32. The summed E-state index contributed by atoms with van der Waals surface area (Å²) in [4.78, 5) is 7.72. The Balaban J connectivity index is 1.37. The van der Waals surface area contributed by atoms with Crippen LogP contribution < -0.4 is 0 Å². The van der Waals surface area contributed by atoms with Crippen molar-refractivity contribution in [3.8, 4) is 33.6 Å². The molecule has 48 heavy (non-hydrogen) atoms. The standard InChI is InChI=1S/C44H26N4/c1-45-31-27-37(29-14-5-3-6-15-29)44(38(28-31)46-2)48-40-22-12-10-19-36(40)43-33(20-13-23-41(43)48)30-24-25-35-34-18-9-11-21-39(34)47(42(35)26-30)32-16-7-4-8-17-32/h3-28H. The Bertz CT molecular complexity index is 2790. The molecule has 7 aromatic carbocycles. The molecule has 0 saturated carbocycles. The van der Waals surface area contributed by atoms with Gasteiger partial charge in [0, 0.05) is 27.2 Å². The Morgan fingerprint density at radius 3 is 1.81 bits per heavy atom. The summed E-state index contributed by atoms with van der Waals surface area (Å²) in [7, 11) is 0. The molecule has 0 saturated heterocycles. The molecule has 0 aliphatic heterocycles. The molecule has 0 radical (unpaired) electrons. The second-order valence-corrected chi connectivity index (χ2v) is 11.9. The van der Waals surface area contributed by atoms with Crippen molar-refractivity contribution in [1.29, 1.82) is 0 Å². The normalized spacial score (nSPS) is 11.3. The lowest BCUT2D eigenvalue weighted by molar-refractivity contribution is 1.18. The van der Waals surface area contributed by atoms with E-state index in [9.17, 15) is 0 Å². The van der Waals surface area contributed by atoms with Crippen molar-refractivity contribution >= 4 is 55.0 Å². The van der Waals surface area contributed by atoms with Gasteiger partial charge < -0.3 is 9.13 Å². The SMILES string of the molecule is [C-]#[N+]c1cc([N+]#[C-])c(-n2c3ccccc3c3c(-c4ccc5c6ccccc6n(-c6ccccc6)c5c4)cccc32)c(-c2ccccc2)c1. The van der Waals surface area contributed by atoms with E-state index in [1.54, 1.807) is 6.07 Å².